The first-order chi connectivity index (χ1) is 11.0. The third kappa shape index (κ3) is 3.17. The number of hydrogen-bond acceptors (Lipinski definition) is 3. The van der Waals surface area contributed by atoms with E-state index in [0.717, 1.165) is 0 Å². The number of benzene rings is 1. The Morgan fingerprint density at radius 3 is 2.70 bits per heavy atom. The molecule has 7 heteroatoms. The van der Waals surface area contributed by atoms with E-state index in [4.69, 9.17) is 16.7 Å². The molecule has 0 aromatic heterocycles. The van der Waals surface area contributed by atoms with Crippen LogP contribution in [0.15, 0.2) is 24.3 Å². The van der Waals surface area contributed by atoms with Crippen LogP contribution in [0.2, 0.25) is 5.02 Å². The van der Waals surface area contributed by atoms with Gasteiger partial charge in [0.15, 0.2) is 0 Å². The summed E-state index contributed by atoms with van der Waals surface area (Å²) in [5.41, 5.74) is 0.523. The molecule has 2 fully saturated rings. The Morgan fingerprint density at radius 2 is 2.04 bits per heavy atom. The Bertz CT molecular complexity index is 663. The number of carboxylic acids is 1. The number of carbonyl (C=O) groups is 3. The van der Waals surface area contributed by atoms with Gasteiger partial charge in [0.1, 0.15) is 0 Å². The average molecular weight is 337 g/mol. The highest BCUT2D eigenvalue weighted by Gasteiger charge is 2.40. The molecule has 0 saturated carbocycles. The van der Waals surface area contributed by atoms with E-state index in [0.29, 0.717) is 30.1 Å². The van der Waals surface area contributed by atoms with Crippen molar-refractivity contribution in [2.24, 2.45) is 5.92 Å². The zero-order valence-electron chi connectivity index (χ0n) is 12.4. The van der Waals surface area contributed by atoms with Crippen LogP contribution in [0.5, 0.6) is 0 Å². The molecule has 122 valence electrons. The van der Waals surface area contributed by atoms with Crippen LogP contribution in [0, 0.1) is 5.92 Å². The largest absolute Gasteiger partial charge is 0.481 e. The number of carboxylic acid groups (broad SMARTS) is 1. The minimum absolute atomic E-state index is 0.0497. The minimum Gasteiger partial charge on any atom is -0.481 e. The fourth-order valence-corrected chi connectivity index (χ4v) is 3.43. The molecular weight excluding hydrogens is 320 g/mol. The van der Waals surface area contributed by atoms with E-state index in [9.17, 15) is 14.4 Å². The quantitative estimate of drug-likeness (QED) is 0.907. The molecule has 2 atom stereocenters. The summed E-state index contributed by atoms with van der Waals surface area (Å²) in [6.07, 6.45) is 0.721. The lowest BCUT2D eigenvalue weighted by atomic mass is 10.1. The van der Waals surface area contributed by atoms with Gasteiger partial charge in [-0.2, -0.15) is 0 Å². The molecule has 2 amide bonds. The SMILES string of the molecule is O=C(O)C1CC(=O)N(C2CCN(C(=O)c3cccc(Cl)c3)C2)C1. The van der Waals surface area contributed by atoms with Gasteiger partial charge in [0.25, 0.3) is 5.91 Å². The normalized spacial score (nSPS) is 24.3. The lowest BCUT2D eigenvalue weighted by Gasteiger charge is -2.24. The molecule has 0 aliphatic carbocycles. The summed E-state index contributed by atoms with van der Waals surface area (Å²) in [4.78, 5) is 38.8. The van der Waals surface area contributed by atoms with Crippen molar-refractivity contribution in [1.29, 1.82) is 0 Å². The molecule has 2 saturated heterocycles. The summed E-state index contributed by atoms with van der Waals surface area (Å²) < 4.78 is 0. The first-order valence-electron chi connectivity index (χ1n) is 7.53. The van der Waals surface area contributed by atoms with E-state index >= 15 is 0 Å². The number of nitrogens with zero attached hydrogens (tertiary/aromatic N) is 2. The zero-order chi connectivity index (χ0) is 16.6. The Hall–Kier alpha value is -2.08. The van der Waals surface area contributed by atoms with Crippen LogP contribution < -0.4 is 0 Å². The van der Waals surface area contributed by atoms with Gasteiger partial charge in [-0.1, -0.05) is 17.7 Å². The molecule has 0 bridgehead atoms. The molecule has 2 unspecified atom stereocenters. The summed E-state index contributed by atoms with van der Waals surface area (Å²) in [6, 6.07) is 6.67. The standard InChI is InChI=1S/C16H17ClN2O4/c17-12-3-1-2-10(6-12)15(21)18-5-4-13(9-18)19-8-11(16(22)23)7-14(19)20/h1-3,6,11,13H,4-5,7-9H2,(H,22,23). The van der Waals surface area contributed by atoms with Gasteiger partial charge in [-0.3, -0.25) is 14.4 Å². The first-order valence-corrected chi connectivity index (χ1v) is 7.90. The molecule has 1 N–H and O–H groups in total. The molecular formula is C16H17ClN2O4. The third-order valence-corrected chi connectivity index (χ3v) is 4.71. The van der Waals surface area contributed by atoms with Crippen LogP contribution in [-0.2, 0) is 9.59 Å². The van der Waals surface area contributed by atoms with E-state index in [1.54, 1.807) is 34.1 Å². The molecule has 23 heavy (non-hydrogen) atoms. The van der Waals surface area contributed by atoms with Crippen LogP contribution >= 0.6 is 11.6 Å². The second-order valence-corrected chi connectivity index (χ2v) is 6.43. The van der Waals surface area contributed by atoms with E-state index in [-0.39, 0.29) is 30.8 Å². The molecule has 2 heterocycles. The van der Waals surface area contributed by atoms with Crippen LogP contribution in [0.1, 0.15) is 23.2 Å². The Morgan fingerprint density at radius 1 is 1.26 bits per heavy atom. The van der Waals surface area contributed by atoms with Crippen molar-refractivity contribution in [3.05, 3.63) is 34.9 Å². The third-order valence-electron chi connectivity index (χ3n) is 4.47. The summed E-state index contributed by atoms with van der Waals surface area (Å²) in [5, 5.41) is 9.56. The second kappa shape index (κ2) is 6.20. The maximum absolute atomic E-state index is 12.5. The van der Waals surface area contributed by atoms with Crippen molar-refractivity contribution >= 4 is 29.4 Å². The number of hydrogen-bond donors (Lipinski definition) is 1. The molecule has 1 aromatic rings. The number of amides is 2. The van der Waals surface area contributed by atoms with Gasteiger partial charge in [0, 0.05) is 36.6 Å². The lowest BCUT2D eigenvalue weighted by Crippen LogP contribution is -2.40. The fraction of sp³-hybridized carbons (Fsp3) is 0.438. The van der Waals surface area contributed by atoms with Crippen LogP contribution in [-0.4, -0.2) is 58.4 Å². The van der Waals surface area contributed by atoms with Crippen LogP contribution in [0.3, 0.4) is 0 Å². The molecule has 6 nitrogen and oxygen atoms in total. The molecule has 3 rings (SSSR count). The lowest BCUT2D eigenvalue weighted by molar-refractivity contribution is -0.141. The first kappa shape index (κ1) is 15.8. The van der Waals surface area contributed by atoms with Gasteiger partial charge >= 0.3 is 5.97 Å². The van der Waals surface area contributed by atoms with Crippen molar-refractivity contribution in [2.45, 2.75) is 18.9 Å². The van der Waals surface area contributed by atoms with Crippen molar-refractivity contribution in [3.63, 3.8) is 0 Å². The topological polar surface area (TPSA) is 77.9 Å². The Kier molecular flexibility index (Phi) is 4.26. The summed E-state index contributed by atoms with van der Waals surface area (Å²) >= 11 is 5.91. The monoisotopic (exact) mass is 336 g/mol. The summed E-state index contributed by atoms with van der Waals surface area (Å²) in [7, 11) is 0. The second-order valence-electron chi connectivity index (χ2n) is 5.99. The highest BCUT2D eigenvalue weighted by Crippen LogP contribution is 2.26. The fourth-order valence-electron chi connectivity index (χ4n) is 3.23. The van der Waals surface area contributed by atoms with Gasteiger partial charge in [0.05, 0.1) is 12.0 Å². The number of carbonyl (C=O) groups excluding carboxylic acids is 2. The van der Waals surface area contributed by atoms with Crippen molar-refractivity contribution in [2.75, 3.05) is 19.6 Å². The Labute approximate surface area is 138 Å². The van der Waals surface area contributed by atoms with Crippen molar-refractivity contribution in [1.82, 2.24) is 9.80 Å². The molecule has 2 aliphatic heterocycles. The van der Waals surface area contributed by atoms with Crippen LogP contribution in [0.4, 0.5) is 0 Å². The maximum Gasteiger partial charge on any atom is 0.308 e. The van der Waals surface area contributed by atoms with E-state index in [2.05, 4.69) is 0 Å². The van der Waals surface area contributed by atoms with E-state index < -0.39 is 11.9 Å². The number of likely N-dealkylation sites (tertiary alicyclic amines) is 2. The smallest absolute Gasteiger partial charge is 0.308 e. The Balaban J connectivity index is 1.66. The van der Waals surface area contributed by atoms with Gasteiger partial charge in [-0.15, -0.1) is 0 Å². The van der Waals surface area contributed by atoms with Crippen molar-refractivity contribution < 1.29 is 19.5 Å². The molecule has 0 radical (unpaired) electrons. The highest BCUT2D eigenvalue weighted by atomic mass is 35.5. The predicted molar refractivity (Wildman–Crippen MR) is 83.2 cm³/mol. The van der Waals surface area contributed by atoms with Crippen molar-refractivity contribution in [3.8, 4) is 0 Å². The molecule has 0 spiro atoms. The van der Waals surface area contributed by atoms with E-state index in [1.807, 2.05) is 0 Å². The predicted octanol–water partition coefficient (Wildman–Crippen LogP) is 1.49. The van der Waals surface area contributed by atoms with Gasteiger partial charge in [0.2, 0.25) is 5.91 Å². The molecule has 1 aromatic carbocycles. The summed E-state index contributed by atoms with van der Waals surface area (Å²) in [6.45, 7) is 1.22. The minimum atomic E-state index is -0.939. The number of halogens is 1. The van der Waals surface area contributed by atoms with E-state index in [1.165, 1.54) is 0 Å². The van der Waals surface area contributed by atoms with Gasteiger partial charge in [-0.25, -0.2) is 0 Å². The number of aliphatic carboxylic acids is 1. The average Bonchev–Trinajstić information content (AvgIpc) is 3.13. The zero-order valence-corrected chi connectivity index (χ0v) is 13.2. The van der Waals surface area contributed by atoms with Gasteiger partial charge < -0.3 is 14.9 Å². The maximum atomic E-state index is 12.5. The van der Waals surface area contributed by atoms with Gasteiger partial charge in [-0.05, 0) is 24.6 Å². The van der Waals surface area contributed by atoms with Crippen LogP contribution in [0.25, 0.3) is 0 Å². The summed E-state index contributed by atoms with van der Waals surface area (Å²) in [5.74, 6) is -1.83. The highest BCUT2D eigenvalue weighted by molar-refractivity contribution is 6.30. The molecule has 2 aliphatic rings. The number of rotatable bonds is 3.